The molecule has 1 amide bonds. The third kappa shape index (κ3) is 10.3. The molecule has 0 aliphatic carbocycles. The van der Waals surface area contributed by atoms with Crippen molar-refractivity contribution in [1.82, 2.24) is 0 Å². The molecule has 41 heavy (non-hydrogen) atoms. The number of Topliss-reactive ketones (excluding diaryl/α,β-unsaturated/α-hetero) is 2. The number of carbonyl (C=O) groups excluding carboxylic acids is 3. The van der Waals surface area contributed by atoms with Gasteiger partial charge >= 0.3 is 0 Å². The Hall–Kier alpha value is -3.78. The zero-order valence-electron chi connectivity index (χ0n) is 24.9. The second-order valence-corrected chi connectivity index (χ2v) is 10.6. The Morgan fingerprint density at radius 2 is 1.07 bits per heavy atom. The van der Waals surface area contributed by atoms with Crippen LogP contribution in [0.15, 0.2) is 48.5 Å². The molecule has 0 saturated heterocycles. The molecular formula is C33H40F3NO4. The van der Waals surface area contributed by atoms with Crippen molar-refractivity contribution in [2.75, 3.05) is 0 Å². The number of rotatable bonds is 7. The van der Waals surface area contributed by atoms with Crippen molar-refractivity contribution in [2.45, 2.75) is 79.8 Å². The average Bonchev–Trinajstić information content (AvgIpc) is 2.87. The summed E-state index contributed by atoms with van der Waals surface area (Å²) in [6, 6.07) is 12.5. The van der Waals surface area contributed by atoms with Gasteiger partial charge in [0, 0.05) is 22.3 Å². The molecule has 3 aromatic rings. The zero-order valence-corrected chi connectivity index (χ0v) is 24.9. The first-order chi connectivity index (χ1) is 19.0. The molecule has 0 aliphatic heterocycles. The molecule has 0 spiro atoms. The third-order valence-electron chi connectivity index (χ3n) is 6.29. The Kier molecular flexibility index (Phi) is 13.6. The molecule has 3 aromatic carbocycles. The lowest BCUT2D eigenvalue weighted by Crippen LogP contribution is -2.13. The standard InChI is InChI=1S/C11H12F2O.C11H14FNO2.C11H14O/c1-6(2)11-9(12)4-8(7(3)14)5-10(11)13;1-6(2)10-8(5-14)3-7(11(13)15)4-9(10)12;1-8(2)10-4-6-11(7-5-10)9(3)12/h4-6H,1-3H3;3-4,6,14H,5H2,1-2H3,(H2,13,15);4-8H,1-3H3. The highest BCUT2D eigenvalue weighted by Crippen LogP contribution is 2.25. The molecule has 8 heteroatoms. The van der Waals surface area contributed by atoms with Crippen LogP contribution in [-0.4, -0.2) is 22.6 Å². The molecule has 222 valence electrons. The topological polar surface area (TPSA) is 97.5 Å². The number of halogens is 3. The Balaban J connectivity index is 0.000000309. The Labute approximate surface area is 240 Å². The van der Waals surface area contributed by atoms with E-state index in [9.17, 15) is 27.6 Å². The normalized spacial score (nSPS) is 10.6. The molecule has 0 aliphatic rings. The van der Waals surface area contributed by atoms with E-state index in [1.807, 2.05) is 38.1 Å². The summed E-state index contributed by atoms with van der Waals surface area (Å²) in [7, 11) is 0. The van der Waals surface area contributed by atoms with Gasteiger partial charge in [-0.25, -0.2) is 13.2 Å². The molecule has 3 rings (SSSR count). The van der Waals surface area contributed by atoms with E-state index in [0.717, 1.165) is 23.8 Å². The molecule has 0 saturated carbocycles. The van der Waals surface area contributed by atoms with Gasteiger partial charge in [-0.2, -0.15) is 0 Å². The van der Waals surface area contributed by atoms with Crippen LogP contribution in [0.3, 0.4) is 0 Å². The van der Waals surface area contributed by atoms with Crippen molar-refractivity contribution < 1.29 is 32.7 Å². The van der Waals surface area contributed by atoms with Gasteiger partial charge in [0.15, 0.2) is 11.6 Å². The second-order valence-electron chi connectivity index (χ2n) is 10.6. The van der Waals surface area contributed by atoms with Crippen LogP contribution in [0.1, 0.15) is 126 Å². The highest BCUT2D eigenvalue weighted by Gasteiger charge is 2.16. The Morgan fingerprint density at radius 3 is 1.41 bits per heavy atom. The van der Waals surface area contributed by atoms with Gasteiger partial charge in [0.1, 0.15) is 17.5 Å². The first-order valence-corrected chi connectivity index (χ1v) is 13.3. The van der Waals surface area contributed by atoms with E-state index in [2.05, 4.69) is 13.8 Å². The lowest BCUT2D eigenvalue weighted by molar-refractivity contribution is 0.0994. The second kappa shape index (κ2) is 15.9. The maximum Gasteiger partial charge on any atom is 0.248 e. The van der Waals surface area contributed by atoms with Crippen molar-refractivity contribution in [3.05, 3.63) is 105 Å². The molecule has 0 radical (unpaired) electrons. The molecule has 5 nitrogen and oxygen atoms in total. The number of aliphatic hydroxyl groups excluding tert-OH is 1. The van der Waals surface area contributed by atoms with Crippen molar-refractivity contribution in [2.24, 2.45) is 5.73 Å². The van der Waals surface area contributed by atoms with Crippen LogP contribution in [-0.2, 0) is 6.61 Å². The Morgan fingerprint density at radius 1 is 0.659 bits per heavy atom. The minimum atomic E-state index is -0.695. The van der Waals surface area contributed by atoms with E-state index in [0.29, 0.717) is 17.0 Å². The summed E-state index contributed by atoms with van der Waals surface area (Å²) in [6.45, 7) is 13.9. The summed E-state index contributed by atoms with van der Waals surface area (Å²) in [5, 5.41) is 9.08. The monoisotopic (exact) mass is 571 g/mol. The van der Waals surface area contributed by atoms with Gasteiger partial charge in [0.05, 0.1) is 6.61 Å². The number of hydrogen-bond donors (Lipinski definition) is 2. The van der Waals surface area contributed by atoms with Crippen molar-refractivity contribution in [3.8, 4) is 0 Å². The third-order valence-corrected chi connectivity index (χ3v) is 6.29. The molecule has 0 unspecified atom stereocenters. The average molecular weight is 572 g/mol. The van der Waals surface area contributed by atoms with Gasteiger partial charge in [0.25, 0.3) is 0 Å². The van der Waals surface area contributed by atoms with E-state index in [4.69, 9.17) is 10.8 Å². The molecule has 0 atom stereocenters. The summed E-state index contributed by atoms with van der Waals surface area (Å²) < 4.78 is 40.2. The first-order valence-electron chi connectivity index (χ1n) is 13.3. The summed E-state index contributed by atoms with van der Waals surface area (Å²) in [6.07, 6.45) is 0. The first kappa shape index (κ1) is 35.2. The highest BCUT2D eigenvalue weighted by atomic mass is 19.1. The highest BCUT2D eigenvalue weighted by molar-refractivity contribution is 5.94. The van der Waals surface area contributed by atoms with Crippen LogP contribution in [0, 0.1) is 17.5 Å². The fourth-order valence-electron chi connectivity index (χ4n) is 4.04. The summed E-state index contributed by atoms with van der Waals surface area (Å²) >= 11 is 0. The van der Waals surface area contributed by atoms with E-state index < -0.39 is 23.4 Å². The summed E-state index contributed by atoms with van der Waals surface area (Å²) in [4.78, 5) is 32.7. The van der Waals surface area contributed by atoms with Crippen molar-refractivity contribution in [1.29, 1.82) is 0 Å². The number of aliphatic hydroxyl groups is 1. The maximum absolute atomic E-state index is 13.6. The van der Waals surface area contributed by atoms with E-state index in [-0.39, 0.29) is 46.7 Å². The lowest BCUT2D eigenvalue weighted by Gasteiger charge is -2.13. The van der Waals surface area contributed by atoms with Crippen molar-refractivity contribution >= 4 is 17.5 Å². The smallest absolute Gasteiger partial charge is 0.248 e. The van der Waals surface area contributed by atoms with E-state index >= 15 is 0 Å². The number of primary amides is 1. The van der Waals surface area contributed by atoms with Gasteiger partial charge in [-0.3, -0.25) is 14.4 Å². The van der Waals surface area contributed by atoms with Crippen LogP contribution in [0.2, 0.25) is 0 Å². The van der Waals surface area contributed by atoms with Gasteiger partial charge in [-0.15, -0.1) is 0 Å². The SMILES string of the molecule is CC(=O)c1cc(F)c(C(C)C)c(F)c1.CC(=O)c1ccc(C(C)C)cc1.CC(C)c1c(F)cc(C(N)=O)cc1CO. The number of nitrogens with two attached hydrogens (primary N) is 1. The number of hydrogen-bond acceptors (Lipinski definition) is 4. The lowest BCUT2D eigenvalue weighted by atomic mass is 9.95. The molecule has 0 fully saturated rings. The number of benzene rings is 3. The van der Waals surface area contributed by atoms with Gasteiger partial charge in [0.2, 0.25) is 5.91 Å². The zero-order chi connectivity index (χ0) is 31.6. The van der Waals surface area contributed by atoms with Gasteiger partial charge in [-0.1, -0.05) is 65.8 Å². The van der Waals surface area contributed by atoms with Crippen LogP contribution in [0.25, 0.3) is 0 Å². The quantitative estimate of drug-likeness (QED) is 0.282. The van der Waals surface area contributed by atoms with Crippen LogP contribution >= 0.6 is 0 Å². The van der Waals surface area contributed by atoms with Crippen molar-refractivity contribution in [3.63, 3.8) is 0 Å². The van der Waals surface area contributed by atoms with E-state index in [1.165, 1.54) is 18.6 Å². The fraction of sp³-hybridized carbons (Fsp3) is 0.364. The summed E-state index contributed by atoms with van der Waals surface area (Å²) in [5.74, 6) is -2.43. The largest absolute Gasteiger partial charge is 0.392 e. The van der Waals surface area contributed by atoms with Crippen LogP contribution < -0.4 is 5.73 Å². The number of amides is 1. The predicted molar refractivity (Wildman–Crippen MR) is 156 cm³/mol. The molecule has 0 bridgehead atoms. The number of ketones is 2. The Bertz CT molecular complexity index is 1340. The molecule has 0 heterocycles. The predicted octanol–water partition coefficient (Wildman–Crippen LogP) is 7.84. The molecule has 0 aromatic heterocycles. The molecular weight excluding hydrogens is 531 g/mol. The van der Waals surface area contributed by atoms with E-state index in [1.54, 1.807) is 20.8 Å². The minimum Gasteiger partial charge on any atom is -0.392 e. The van der Waals surface area contributed by atoms with Crippen LogP contribution in [0.5, 0.6) is 0 Å². The number of carbonyl (C=O) groups is 3. The molecule has 3 N–H and O–H groups in total. The maximum atomic E-state index is 13.6. The van der Waals surface area contributed by atoms with Gasteiger partial charge in [-0.05, 0) is 72.6 Å². The fourth-order valence-corrected chi connectivity index (χ4v) is 4.04. The minimum absolute atomic E-state index is 0.0370. The van der Waals surface area contributed by atoms with Crippen LogP contribution in [0.4, 0.5) is 13.2 Å². The van der Waals surface area contributed by atoms with Gasteiger partial charge < -0.3 is 10.8 Å². The summed E-state index contributed by atoms with van der Waals surface area (Å²) in [5.41, 5.74) is 8.16.